The van der Waals surface area contributed by atoms with Crippen LogP contribution in [-0.2, 0) is 24.6 Å². The molecule has 0 saturated heterocycles. The van der Waals surface area contributed by atoms with Gasteiger partial charge in [-0.2, -0.15) is 0 Å². The van der Waals surface area contributed by atoms with E-state index in [1.54, 1.807) is 45.0 Å². The monoisotopic (exact) mass is 474 g/mol. The Hall–Kier alpha value is -2.87. The van der Waals surface area contributed by atoms with E-state index in [9.17, 15) is 18.8 Å². The number of amides is 1. The largest absolute Gasteiger partial charge is 0.380 e. The van der Waals surface area contributed by atoms with Crippen molar-refractivity contribution in [3.8, 4) is 0 Å². The first kappa shape index (κ1) is 21.8. The maximum atomic E-state index is 13.7. The third kappa shape index (κ3) is 4.48. The molecule has 0 fully saturated rings. The normalized spacial score (nSPS) is 15.5. The van der Waals surface area contributed by atoms with Gasteiger partial charge in [0.05, 0.1) is 5.71 Å². The van der Waals surface area contributed by atoms with Gasteiger partial charge in [-0.05, 0) is 48.2 Å². The van der Waals surface area contributed by atoms with Crippen molar-refractivity contribution < 1.29 is 23.6 Å². The lowest BCUT2D eigenvalue weighted by atomic mass is 9.80. The molecule has 1 atom stereocenters. The van der Waals surface area contributed by atoms with E-state index in [-0.39, 0.29) is 6.42 Å². The summed E-state index contributed by atoms with van der Waals surface area (Å²) in [6.45, 7) is 5.27. The molecule has 2 aromatic carbocycles. The third-order valence-corrected chi connectivity index (χ3v) is 5.64. The van der Waals surface area contributed by atoms with Crippen LogP contribution in [0.3, 0.4) is 0 Å². The minimum atomic E-state index is -0.805. The Morgan fingerprint density at radius 1 is 1.27 bits per heavy atom. The highest BCUT2D eigenvalue weighted by molar-refractivity contribution is 9.10. The second-order valence-electron chi connectivity index (χ2n) is 7.70. The summed E-state index contributed by atoms with van der Waals surface area (Å²) in [5.74, 6) is -1.82. The molecule has 0 aromatic heterocycles. The lowest BCUT2D eigenvalue weighted by Crippen LogP contribution is -2.30. The van der Waals surface area contributed by atoms with Crippen LogP contribution >= 0.6 is 15.9 Å². The van der Waals surface area contributed by atoms with Gasteiger partial charge in [0.1, 0.15) is 5.82 Å². The molecular weight excluding hydrogens is 455 g/mol. The Balaban J connectivity index is 1.76. The predicted molar refractivity (Wildman–Crippen MR) is 114 cm³/mol. The molecule has 0 radical (unpaired) electrons. The van der Waals surface area contributed by atoms with Crippen LogP contribution in [0.25, 0.3) is 0 Å². The molecule has 1 aliphatic heterocycles. The maximum absolute atomic E-state index is 13.7. The van der Waals surface area contributed by atoms with Crippen LogP contribution in [0, 0.1) is 5.82 Å². The number of halogens is 2. The number of anilines is 1. The van der Waals surface area contributed by atoms with Crippen LogP contribution in [0.5, 0.6) is 0 Å². The summed E-state index contributed by atoms with van der Waals surface area (Å²) in [6, 6.07) is 9.14. The highest BCUT2D eigenvalue weighted by Gasteiger charge is 2.30. The molecule has 0 aliphatic carbocycles. The summed E-state index contributed by atoms with van der Waals surface area (Å²) in [4.78, 5) is 41.3. The van der Waals surface area contributed by atoms with Gasteiger partial charge in [-0.25, -0.2) is 4.39 Å². The van der Waals surface area contributed by atoms with E-state index in [1.165, 1.54) is 12.1 Å². The van der Waals surface area contributed by atoms with Crippen molar-refractivity contribution >= 4 is 45.3 Å². The Morgan fingerprint density at radius 3 is 2.70 bits per heavy atom. The number of fused-ring (bicyclic) bond motifs is 1. The van der Waals surface area contributed by atoms with E-state index in [1.807, 2.05) is 0 Å². The number of rotatable bonds is 6. The van der Waals surface area contributed by atoms with Gasteiger partial charge in [-0.1, -0.05) is 41.0 Å². The van der Waals surface area contributed by atoms with E-state index in [0.717, 1.165) is 0 Å². The minimum absolute atomic E-state index is 0.104. The number of carbonyl (C=O) groups excluding carboxylic acids is 3. The molecule has 0 spiro atoms. The number of benzene rings is 2. The molecule has 0 bridgehead atoms. The number of hydrogen-bond acceptors (Lipinski definition) is 5. The second kappa shape index (κ2) is 8.47. The summed E-state index contributed by atoms with van der Waals surface area (Å²) < 4.78 is 14.3. The van der Waals surface area contributed by atoms with Crippen LogP contribution in [0.1, 0.15) is 50.0 Å². The van der Waals surface area contributed by atoms with Crippen molar-refractivity contribution in [1.82, 2.24) is 0 Å². The first-order valence-electron chi connectivity index (χ1n) is 9.22. The van der Waals surface area contributed by atoms with E-state index in [0.29, 0.717) is 38.8 Å². The van der Waals surface area contributed by atoms with E-state index >= 15 is 0 Å². The molecule has 6 nitrogen and oxygen atoms in total. The van der Waals surface area contributed by atoms with Crippen molar-refractivity contribution in [2.45, 2.75) is 38.7 Å². The molecular formula is C22H20BrFN2O4. The molecule has 30 heavy (non-hydrogen) atoms. The van der Waals surface area contributed by atoms with Crippen LogP contribution in [-0.4, -0.2) is 23.7 Å². The van der Waals surface area contributed by atoms with Gasteiger partial charge in [-0.15, -0.1) is 0 Å². The van der Waals surface area contributed by atoms with Crippen molar-refractivity contribution in [2.75, 3.05) is 5.32 Å². The first-order valence-corrected chi connectivity index (χ1v) is 10.0. The predicted octanol–water partition coefficient (Wildman–Crippen LogP) is 4.46. The smallest absolute Gasteiger partial charge is 0.291 e. The molecule has 1 unspecified atom stereocenters. The lowest BCUT2D eigenvalue weighted by Gasteiger charge is -2.25. The topological polar surface area (TPSA) is 84.8 Å². The third-order valence-electron chi connectivity index (χ3n) is 4.95. The number of oxime groups is 1. The SMILES string of the molecule is CC1=NOC(C=O)c2ccc(NC(=O)C(=O)CC(C)(C)c3cc(F)ccc3Br)cc21. The van der Waals surface area contributed by atoms with Crippen LogP contribution in [0.15, 0.2) is 46.0 Å². The van der Waals surface area contributed by atoms with E-state index in [4.69, 9.17) is 4.84 Å². The Kier molecular flexibility index (Phi) is 6.17. The van der Waals surface area contributed by atoms with Gasteiger partial charge < -0.3 is 10.2 Å². The van der Waals surface area contributed by atoms with Crippen molar-refractivity contribution in [3.63, 3.8) is 0 Å². The molecule has 1 heterocycles. The van der Waals surface area contributed by atoms with Crippen LogP contribution in [0.4, 0.5) is 10.1 Å². The summed E-state index contributed by atoms with van der Waals surface area (Å²) in [5, 5.41) is 6.43. The van der Waals surface area contributed by atoms with Crippen molar-refractivity contribution in [3.05, 3.63) is 63.4 Å². The molecule has 1 amide bonds. The quantitative estimate of drug-likeness (QED) is 0.494. The van der Waals surface area contributed by atoms with Gasteiger partial charge >= 0.3 is 0 Å². The zero-order valence-corrected chi connectivity index (χ0v) is 18.2. The zero-order chi connectivity index (χ0) is 22.1. The molecule has 2 aromatic rings. The Morgan fingerprint density at radius 2 is 2.00 bits per heavy atom. The number of ketones is 1. The molecule has 1 N–H and O–H groups in total. The van der Waals surface area contributed by atoms with Gasteiger partial charge in [0, 0.05) is 27.7 Å². The number of carbonyl (C=O) groups is 3. The number of nitrogens with zero attached hydrogens (tertiary/aromatic N) is 1. The highest BCUT2D eigenvalue weighted by Crippen LogP contribution is 2.34. The van der Waals surface area contributed by atoms with Crippen molar-refractivity contribution in [1.29, 1.82) is 0 Å². The first-order chi connectivity index (χ1) is 14.1. The minimum Gasteiger partial charge on any atom is -0.380 e. The van der Waals surface area contributed by atoms with Crippen LogP contribution in [0.2, 0.25) is 0 Å². The fraction of sp³-hybridized carbons (Fsp3) is 0.273. The van der Waals surface area contributed by atoms with Crippen LogP contribution < -0.4 is 5.32 Å². The Bertz CT molecular complexity index is 1070. The number of Topliss-reactive ketones (excluding diaryl/α,β-unsaturated/α-hetero) is 1. The molecule has 156 valence electrons. The van der Waals surface area contributed by atoms with Gasteiger partial charge in [-0.3, -0.25) is 14.4 Å². The van der Waals surface area contributed by atoms with Gasteiger partial charge in [0.25, 0.3) is 5.91 Å². The summed E-state index contributed by atoms with van der Waals surface area (Å²) in [7, 11) is 0. The maximum Gasteiger partial charge on any atom is 0.291 e. The summed E-state index contributed by atoms with van der Waals surface area (Å²) in [6.07, 6.45) is -0.267. The average molecular weight is 475 g/mol. The van der Waals surface area contributed by atoms with Crippen molar-refractivity contribution in [2.24, 2.45) is 5.16 Å². The second-order valence-corrected chi connectivity index (χ2v) is 8.56. The summed E-state index contributed by atoms with van der Waals surface area (Å²) in [5.41, 5.74) is 2.10. The average Bonchev–Trinajstić information content (AvgIpc) is 2.70. The molecule has 0 saturated carbocycles. The number of aldehydes is 1. The summed E-state index contributed by atoms with van der Waals surface area (Å²) >= 11 is 3.37. The highest BCUT2D eigenvalue weighted by atomic mass is 79.9. The zero-order valence-electron chi connectivity index (χ0n) is 16.7. The van der Waals surface area contributed by atoms with Gasteiger partial charge in [0.2, 0.25) is 11.9 Å². The lowest BCUT2D eigenvalue weighted by molar-refractivity contribution is -0.135. The fourth-order valence-corrected chi connectivity index (χ4v) is 4.11. The molecule has 3 rings (SSSR count). The fourth-order valence-electron chi connectivity index (χ4n) is 3.33. The van der Waals surface area contributed by atoms with E-state index < -0.39 is 29.0 Å². The number of nitrogens with one attached hydrogen (secondary N) is 1. The molecule has 1 aliphatic rings. The standard InChI is InChI=1S/C22H20BrFN2O4/c1-12-16-9-14(5-6-15(16)20(11-27)30-26-12)25-21(29)19(28)10-22(2,3)17-8-13(24)4-7-18(17)23/h4-9,11,20H,10H2,1-3H3,(H,25,29). The Labute approximate surface area is 181 Å². The molecule has 8 heteroatoms. The number of hydrogen-bond donors (Lipinski definition) is 1. The van der Waals surface area contributed by atoms with E-state index in [2.05, 4.69) is 26.4 Å². The van der Waals surface area contributed by atoms with Gasteiger partial charge in [0.15, 0.2) is 6.29 Å².